The van der Waals surface area contributed by atoms with E-state index < -0.39 is 12.0 Å². The van der Waals surface area contributed by atoms with Crippen LogP contribution in [0.2, 0.25) is 0 Å². The molecule has 0 amide bonds. The molecule has 1 rings (SSSR count). The van der Waals surface area contributed by atoms with Crippen LogP contribution >= 0.6 is 0 Å². The Morgan fingerprint density at radius 1 is 1.47 bits per heavy atom. The summed E-state index contributed by atoms with van der Waals surface area (Å²) in [5.41, 5.74) is 0.773. The zero-order valence-corrected chi connectivity index (χ0v) is 9.10. The van der Waals surface area contributed by atoms with Crippen LogP contribution in [0.5, 0.6) is 5.75 Å². The summed E-state index contributed by atoms with van der Waals surface area (Å²) in [4.78, 5) is 12.5. The van der Waals surface area contributed by atoms with E-state index in [2.05, 4.69) is 0 Å². The minimum absolute atomic E-state index is 0.582. The maximum atomic E-state index is 10.8. The Morgan fingerprint density at radius 2 is 2.07 bits per heavy atom. The minimum atomic E-state index is -0.858. The normalized spacial score (nSPS) is 11.9. The molecule has 82 valence electrons. The molecule has 15 heavy (non-hydrogen) atoms. The number of carboxylic acids is 1. The van der Waals surface area contributed by atoms with Crippen molar-refractivity contribution in [3.05, 3.63) is 24.3 Å². The highest BCUT2D eigenvalue weighted by Gasteiger charge is 2.19. The molecule has 1 N–H and O–H groups in total. The van der Waals surface area contributed by atoms with Crippen molar-refractivity contribution in [3.8, 4) is 5.75 Å². The molecule has 4 heteroatoms. The summed E-state index contributed by atoms with van der Waals surface area (Å²) in [5.74, 6) is -0.184. The molecule has 4 nitrogen and oxygen atoms in total. The number of carboxylic acid groups (broad SMARTS) is 1. The summed E-state index contributed by atoms with van der Waals surface area (Å²) in [6.07, 6.45) is 0. The Labute approximate surface area is 89.1 Å². The van der Waals surface area contributed by atoms with Crippen molar-refractivity contribution < 1.29 is 14.6 Å². The third kappa shape index (κ3) is 2.40. The SMILES string of the molecule is COc1ccccc1N(C)C(C)C(=O)O. The summed E-state index contributed by atoms with van der Waals surface area (Å²) < 4.78 is 5.16. The summed E-state index contributed by atoms with van der Waals surface area (Å²) in [6, 6.07) is 6.75. The molecular formula is C11H15NO3. The van der Waals surface area contributed by atoms with E-state index in [1.165, 1.54) is 0 Å². The van der Waals surface area contributed by atoms with Gasteiger partial charge in [0.1, 0.15) is 11.8 Å². The van der Waals surface area contributed by atoms with Crippen LogP contribution in [0.3, 0.4) is 0 Å². The lowest BCUT2D eigenvalue weighted by Crippen LogP contribution is -2.35. The van der Waals surface area contributed by atoms with Gasteiger partial charge in [0, 0.05) is 7.05 Å². The molecule has 0 aliphatic rings. The number of carbonyl (C=O) groups is 1. The molecular weight excluding hydrogens is 194 g/mol. The molecule has 1 unspecified atom stereocenters. The fraction of sp³-hybridized carbons (Fsp3) is 0.364. The fourth-order valence-electron chi connectivity index (χ4n) is 1.30. The third-order valence-electron chi connectivity index (χ3n) is 2.40. The van der Waals surface area contributed by atoms with Crippen LogP contribution in [0.1, 0.15) is 6.92 Å². The van der Waals surface area contributed by atoms with Gasteiger partial charge in [0.25, 0.3) is 0 Å². The van der Waals surface area contributed by atoms with Gasteiger partial charge < -0.3 is 14.7 Å². The first-order valence-corrected chi connectivity index (χ1v) is 4.66. The predicted octanol–water partition coefficient (Wildman–Crippen LogP) is 1.60. The third-order valence-corrected chi connectivity index (χ3v) is 2.40. The number of rotatable bonds is 4. The predicted molar refractivity (Wildman–Crippen MR) is 58.5 cm³/mol. The number of benzene rings is 1. The largest absolute Gasteiger partial charge is 0.495 e. The monoisotopic (exact) mass is 209 g/mol. The molecule has 0 aromatic heterocycles. The van der Waals surface area contributed by atoms with Crippen LogP contribution in [0.25, 0.3) is 0 Å². The van der Waals surface area contributed by atoms with Crippen molar-refractivity contribution in [3.63, 3.8) is 0 Å². The Hall–Kier alpha value is -1.71. The van der Waals surface area contributed by atoms with E-state index in [0.717, 1.165) is 5.69 Å². The second kappa shape index (κ2) is 4.68. The molecule has 0 aliphatic carbocycles. The van der Waals surface area contributed by atoms with Gasteiger partial charge in [0.05, 0.1) is 12.8 Å². The van der Waals surface area contributed by atoms with E-state index in [-0.39, 0.29) is 0 Å². The van der Waals surface area contributed by atoms with Crippen LogP contribution in [-0.2, 0) is 4.79 Å². The number of hydrogen-bond acceptors (Lipinski definition) is 3. The molecule has 0 aliphatic heterocycles. The molecule has 0 fully saturated rings. The first-order chi connectivity index (χ1) is 7.07. The molecule has 1 aromatic rings. The van der Waals surface area contributed by atoms with Crippen LogP contribution in [0.15, 0.2) is 24.3 Å². The first-order valence-electron chi connectivity index (χ1n) is 4.66. The lowest BCUT2D eigenvalue weighted by atomic mass is 10.2. The van der Waals surface area contributed by atoms with Crippen molar-refractivity contribution in [2.24, 2.45) is 0 Å². The number of anilines is 1. The second-order valence-electron chi connectivity index (χ2n) is 3.30. The topological polar surface area (TPSA) is 49.8 Å². The van der Waals surface area contributed by atoms with Gasteiger partial charge in [-0.1, -0.05) is 12.1 Å². The number of hydrogen-bond donors (Lipinski definition) is 1. The molecule has 0 spiro atoms. The molecule has 0 heterocycles. The van der Waals surface area contributed by atoms with Gasteiger partial charge in [0.2, 0.25) is 0 Å². The van der Waals surface area contributed by atoms with Gasteiger partial charge >= 0.3 is 5.97 Å². The van der Waals surface area contributed by atoms with E-state index in [4.69, 9.17) is 9.84 Å². The van der Waals surface area contributed by atoms with E-state index in [9.17, 15) is 4.79 Å². The Bertz CT molecular complexity index is 351. The summed E-state index contributed by atoms with van der Waals surface area (Å²) in [6.45, 7) is 1.63. The molecule has 0 saturated carbocycles. The fourth-order valence-corrected chi connectivity index (χ4v) is 1.30. The lowest BCUT2D eigenvalue weighted by molar-refractivity contribution is -0.138. The first kappa shape index (κ1) is 11.4. The Balaban J connectivity index is 2.99. The van der Waals surface area contributed by atoms with Crippen molar-refractivity contribution >= 4 is 11.7 Å². The summed E-state index contributed by atoms with van der Waals surface area (Å²) >= 11 is 0. The Morgan fingerprint density at radius 3 is 2.60 bits per heavy atom. The smallest absolute Gasteiger partial charge is 0.326 e. The number of ether oxygens (including phenoxy) is 1. The molecule has 1 aromatic carbocycles. The van der Waals surface area contributed by atoms with Crippen LogP contribution in [0.4, 0.5) is 5.69 Å². The molecule has 0 saturated heterocycles. The highest BCUT2D eigenvalue weighted by Crippen LogP contribution is 2.27. The number of para-hydroxylation sites is 2. The molecule has 1 atom stereocenters. The van der Waals surface area contributed by atoms with Gasteiger partial charge in [-0.05, 0) is 19.1 Å². The zero-order valence-electron chi connectivity index (χ0n) is 9.10. The van der Waals surface area contributed by atoms with Gasteiger partial charge in [-0.15, -0.1) is 0 Å². The number of aliphatic carboxylic acids is 1. The number of methoxy groups -OCH3 is 1. The molecule has 0 bridgehead atoms. The highest BCUT2D eigenvalue weighted by atomic mass is 16.5. The van der Waals surface area contributed by atoms with Crippen LogP contribution in [-0.4, -0.2) is 31.3 Å². The highest BCUT2D eigenvalue weighted by molar-refractivity contribution is 5.78. The minimum Gasteiger partial charge on any atom is -0.495 e. The van der Waals surface area contributed by atoms with Crippen LogP contribution in [0, 0.1) is 0 Å². The van der Waals surface area contributed by atoms with Crippen LogP contribution < -0.4 is 9.64 Å². The van der Waals surface area contributed by atoms with E-state index in [1.807, 2.05) is 18.2 Å². The zero-order chi connectivity index (χ0) is 11.4. The van der Waals surface area contributed by atoms with E-state index >= 15 is 0 Å². The van der Waals surface area contributed by atoms with Gasteiger partial charge in [0.15, 0.2) is 0 Å². The average Bonchev–Trinajstić information content (AvgIpc) is 2.26. The Kier molecular flexibility index (Phi) is 3.55. The standard InChI is InChI=1S/C11H15NO3/c1-8(11(13)14)12(2)9-6-4-5-7-10(9)15-3/h4-8H,1-3H3,(H,13,14). The quantitative estimate of drug-likeness (QED) is 0.818. The summed E-state index contributed by atoms with van der Waals surface area (Å²) in [5, 5.41) is 8.89. The molecule has 0 radical (unpaired) electrons. The second-order valence-corrected chi connectivity index (χ2v) is 3.30. The van der Waals surface area contributed by atoms with Crippen molar-refractivity contribution in [1.29, 1.82) is 0 Å². The maximum absolute atomic E-state index is 10.8. The van der Waals surface area contributed by atoms with Gasteiger partial charge in [-0.2, -0.15) is 0 Å². The number of nitrogens with zero attached hydrogens (tertiary/aromatic N) is 1. The average molecular weight is 209 g/mol. The van der Waals surface area contributed by atoms with E-state index in [1.54, 1.807) is 32.0 Å². The van der Waals surface area contributed by atoms with Crippen molar-refractivity contribution in [2.45, 2.75) is 13.0 Å². The van der Waals surface area contributed by atoms with Gasteiger partial charge in [-0.25, -0.2) is 4.79 Å². The summed E-state index contributed by atoms with van der Waals surface area (Å²) in [7, 11) is 3.30. The maximum Gasteiger partial charge on any atom is 0.326 e. The number of likely N-dealkylation sites (N-methyl/N-ethyl adjacent to an activating group) is 1. The van der Waals surface area contributed by atoms with Gasteiger partial charge in [-0.3, -0.25) is 0 Å². The van der Waals surface area contributed by atoms with Crippen molar-refractivity contribution in [2.75, 3.05) is 19.1 Å². The van der Waals surface area contributed by atoms with E-state index in [0.29, 0.717) is 5.75 Å². The lowest BCUT2D eigenvalue weighted by Gasteiger charge is -2.25. The van der Waals surface area contributed by atoms with Crippen molar-refractivity contribution in [1.82, 2.24) is 0 Å².